The average Bonchev–Trinajstić information content (AvgIpc) is 2.27. The highest BCUT2D eigenvalue weighted by molar-refractivity contribution is 7.71. The second kappa shape index (κ2) is 2.46. The molecule has 0 aliphatic heterocycles. The summed E-state index contributed by atoms with van der Waals surface area (Å²) < 4.78 is 2.12. The predicted molar refractivity (Wildman–Crippen MR) is 53.1 cm³/mol. The van der Waals surface area contributed by atoms with E-state index in [2.05, 4.69) is 9.97 Å². The lowest BCUT2D eigenvalue weighted by molar-refractivity contribution is 0.920. The summed E-state index contributed by atoms with van der Waals surface area (Å²) in [7, 11) is 1.73. The smallest absolute Gasteiger partial charge is 0.275 e. The molecule has 2 aromatic rings. The SMILES string of the molecule is Cn1c(=S)[nH]c2cc(N)[nH]c(=O)c21. The molecule has 0 radical (unpaired) electrons. The summed E-state index contributed by atoms with van der Waals surface area (Å²) in [6, 6.07) is 1.65. The summed E-state index contributed by atoms with van der Waals surface area (Å²) in [4.78, 5) is 16.8. The van der Waals surface area contributed by atoms with E-state index in [1.807, 2.05) is 0 Å². The molecule has 0 spiro atoms. The van der Waals surface area contributed by atoms with Gasteiger partial charge in [-0.15, -0.1) is 0 Å². The molecule has 4 N–H and O–H groups in total. The molecule has 2 heterocycles. The first-order chi connectivity index (χ1) is 6.09. The molecule has 0 saturated heterocycles. The van der Waals surface area contributed by atoms with E-state index in [1.54, 1.807) is 17.7 Å². The zero-order valence-corrected chi connectivity index (χ0v) is 7.73. The number of nitrogens with zero attached hydrogens (tertiary/aromatic N) is 1. The monoisotopic (exact) mass is 196 g/mol. The van der Waals surface area contributed by atoms with E-state index >= 15 is 0 Å². The Labute approximate surface area is 78.2 Å². The molecule has 0 saturated carbocycles. The maximum Gasteiger partial charge on any atom is 0.275 e. The summed E-state index contributed by atoms with van der Waals surface area (Å²) in [5, 5.41) is 0. The lowest BCUT2D eigenvalue weighted by atomic mass is 10.4. The number of hydrogen-bond donors (Lipinski definition) is 3. The van der Waals surface area contributed by atoms with E-state index < -0.39 is 0 Å². The molecule has 0 atom stereocenters. The Kier molecular flexibility index (Phi) is 1.53. The third kappa shape index (κ3) is 1.06. The Balaban J connectivity index is 3.12. The molecule has 0 aliphatic carbocycles. The minimum atomic E-state index is -0.232. The van der Waals surface area contributed by atoms with Crippen LogP contribution in [0.15, 0.2) is 10.9 Å². The van der Waals surface area contributed by atoms with Gasteiger partial charge in [-0.25, -0.2) is 0 Å². The van der Waals surface area contributed by atoms with E-state index in [9.17, 15) is 4.79 Å². The normalized spacial score (nSPS) is 10.8. The fourth-order valence-corrected chi connectivity index (χ4v) is 1.50. The van der Waals surface area contributed by atoms with Crippen molar-refractivity contribution in [1.29, 1.82) is 0 Å². The predicted octanol–water partition coefficient (Wildman–Crippen LogP) is 0.506. The van der Waals surface area contributed by atoms with Crippen molar-refractivity contribution in [1.82, 2.24) is 14.5 Å². The topological polar surface area (TPSA) is 79.6 Å². The highest BCUT2D eigenvalue weighted by Crippen LogP contribution is 2.09. The van der Waals surface area contributed by atoms with Gasteiger partial charge in [0.15, 0.2) is 4.77 Å². The third-order valence-corrected chi connectivity index (χ3v) is 2.29. The number of aromatic amines is 2. The van der Waals surface area contributed by atoms with Crippen LogP contribution in [0.3, 0.4) is 0 Å². The van der Waals surface area contributed by atoms with E-state index in [-0.39, 0.29) is 5.56 Å². The minimum Gasteiger partial charge on any atom is -0.385 e. The number of aryl methyl sites for hydroxylation is 1. The lowest BCUT2D eigenvalue weighted by Crippen LogP contribution is -2.11. The van der Waals surface area contributed by atoms with E-state index in [1.165, 1.54) is 0 Å². The molecule has 0 bridgehead atoms. The number of aromatic nitrogens is 3. The van der Waals surface area contributed by atoms with E-state index in [0.29, 0.717) is 21.6 Å². The molecule has 0 aliphatic rings. The standard InChI is InChI=1S/C7H8N4OS/c1-11-5-3(9-7(11)13)2-4(8)10-6(5)12/h2H,1H3,(H,9,13)(H3,8,10,12). The van der Waals surface area contributed by atoms with Gasteiger partial charge in [0.25, 0.3) is 5.56 Å². The number of nitrogens with one attached hydrogen (secondary N) is 2. The van der Waals surface area contributed by atoms with Crippen molar-refractivity contribution in [3.8, 4) is 0 Å². The number of imidazole rings is 1. The van der Waals surface area contributed by atoms with Crippen molar-refractivity contribution < 1.29 is 0 Å². The van der Waals surface area contributed by atoms with Crippen molar-refractivity contribution in [2.75, 3.05) is 5.73 Å². The number of nitrogens with two attached hydrogens (primary N) is 1. The number of anilines is 1. The number of nitrogen functional groups attached to an aromatic ring is 1. The van der Waals surface area contributed by atoms with Gasteiger partial charge in [-0.2, -0.15) is 0 Å². The van der Waals surface area contributed by atoms with Crippen LogP contribution in [-0.2, 0) is 7.05 Å². The first-order valence-electron chi connectivity index (χ1n) is 3.67. The van der Waals surface area contributed by atoms with Gasteiger partial charge in [0.1, 0.15) is 11.3 Å². The maximum absolute atomic E-state index is 11.4. The van der Waals surface area contributed by atoms with Crippen LogP contribution >= 0.6 is 12.2 Å². The summed E-state index contributed by atoms with van der Waals surface area (Å²) in [6.07, 6.45) is 0. The van der Waals surface area contributed by atoms with E-state index in [0.717, 1.165) is 0 Å². The summed E-state index contributed by atoms with van der Waals surface area (Å²) in [5.41, 5.74) is 6.41. The quantitative estimate of drug-likeness (QED) is 0.537. The Morgan fingerprint density at radius 1 is 1.54 bits per heavy atom. The average molecular weight is 196 g/mol. The fraction of sp³-hybridized carbons (Fsp3) is 0.143. The number of pyridine rings is 1. The number of fused-ring (bicyclic) bond motifs is 1. The fourth-order valence-electron chi connectivity index (χ4n) is 1.30. The van der Waals surface area contributed by atoms with Crippen LogP contribution in [0.5, 0.6) is 0 Å². The van der Waals surface area contributed by atoms with Gasteiger partial charge in [-0.3, -0.25) is 4.79 Å². The Bertz CT molecular complexity index is 576. The number of H-pyrrole nitrogens is 2. The Hall–Kier alpha value is -1.56. The first-order valence-corrected chi connectivity index (χ1v) is 4.08. The Morgan fingerprint density at radius 3 is 2.92 bits per heavy atom. The highest BCUT2D eigenvalue weighted by atomic mass is 32.1. The highest BCUT2D eigenvalue weighted by Gasteiger charge is 2.05. The minimum absolute atomic E-state index is 0.232. The van der Waals surface area contributed by atoms with Gasteiger partial charge >= 0.3 is 0 Å². The molecule has 0 unspecified atom stereocenters. The maximum atomic E-state index is 11.4. The number of hydrogen-bond acceptors (Lipinski definition) is 3. The van der Waals surface area contributed by atoms with Crippen LogP contribution in [0.25, 0.3) is 11.0 Å². The van der Waals surface area contributed by atoms with Crippen LogP contribution in [0, 0.1) is 4.77 Å². The zero-order chi connectivity index (χ0) is 9.59. The molecule has 2 rings (SSSR count). The van der Waals surface area contributed by atoms with Gasteiger partial charge in [0.2, 0.25) is 0 Å². The summed E-state index contributed by atoms with van der Waals surface area (Å²) >= 11 is 4.97. The summed E-state index contributed by atoms with van der Waals surface area (Å²) in [6.45, 7) is 0. The van der Waals surface area contributed by atoms with Gasteiger partial charge in [-0.05, 0) is 12.2 Å². The van der Waals surface area contributed by atoms with Crippen LogP contribution in [0.2, 0.25) is 0 Å². The molecule has 68 valence electrons. The number of rotatable bonds is 0. The van der Waals surface area contributed by atoms with Crippen LogP contribution in [0.1, 0.15) is 0 Å². The van der Waals surface area contributed by atoms with Crippen molar-refractivity contribution in [3.63, 3.8) is 0 Å². The van der Waals surface area contributed by atoms with Crippen LogP contribution < -0.4 is 11.3 Å². The van der Waals surface area contributed by atoms with Crippen LogP contribution in [0.4, 0.5) is 5.82 Å². The largest absolute Gasteiger partial charge is 0.385 e. The van der Waals surface area contributed by atoms with E-state index in [4.69, 9.17) is 18.0 Å². The molecule has 0 amide bonds. The molecule has 6 heteroatoms. The van der Waals surface area contributed by atoms with Crippen LogP contribution in [-0.4, -0.2) is 14.5 Å². The second-order valence-electron chi connectivity index (χ2n) is 2.81. The van der Waals surface area contributed by atoms with Crippen molar-refractivity contribution >= 4 is 29.1 Å². The molecule has 2 aromatic heterocycles. The molecular weight excluding hydrogens is 188 g/mol. The zero-order valence-electron chi connectivity index (χ0n) is 6.92. The van der Waals surface area contributed by atoms with Gasteiger partial charge in [-0.1, -0.05) is 0 Å². The molecule has 13 heavy (non-hydrogen) atoms. The molecule has 0 fully saturated rings. The second-order valence-corrected chi connectivity index (χ2v) is 3.19. The first kappa shape index (κ1) is 8.06. The molecule has 5 nitrogen and oxygen atoms in total. The summed E-state index contributed by atoms with van der Waals surface area (Å²) in [5.74, 6) is 0.328. The third-order valence-electron chi connectivity index (χ3n) is 1.91. The van der Waals surface area contributed by atoms with Crippen molar-refractivity contribution in [2.24, 2.45) is 7.05 Å². The molecular formula is C7H8N4OS. The van der Waals surface area contributed by atoms with Gasteiger partial charge in [0.05, 0.1) is 5.52 Å². The van der Waals surface area contributed by atoms with Gasteiger partial charge in [0, 0.05) is 13.1 Å². The molecule has 0 aromatic carbocycles. The van der Waals surface area contributed by atoms with Crippen molar-refractivity contribution in [2.45, 2.75) is 0 Å². The van der Waals surface area contributed by atoms with Crippen molar-refractivity contribution in [3.05, 3.63) is 21.2 Å². The lowest BCUT2D eigenvalue weighted by Gasteiger charge is -1.94. The Morgan fingerprint density at radius 2 is 2.23 bits per heavy atom. The van der Waals surface area contributed by atoms with Gasteiger partial charge < -0.3 is 20.3 Å².